The highest BCUT2D eigenvalue weighted by Crippen LogP contribution is 2.43. The molecule has 0 bridgehead atoms. The average molecular weight is 834 g/mol. The Labute approximate surface area is 373 Å². The van der Waals surface area contributed by atoms with Gasteiger partial charge in [0.25, 0.3) is 0 Å². The third-order valence-corrected chi connectivity index (χ3v) is 13.5. The zero-order chi connectivity index (χ0) is 42.6. The first-order valence-electron chi connectivity index (χ1n) is 22.3. The molecule has 0 radical (unpaired) electrons. The molecule has 0 saturated carbocycles. The Morgan fingerprint density at radius 3 is 1.72 bits per heavy atom. The second-order valence-electron chi connectivity index (χ2n) is 17.2. The van der Waals surface area contributed by atoms with E-state index in [0.717, 1.165) is 72.4 Å². The van der Waals surface area contributed by atoms with Gasteiger partial charge < -0.3 is 18.9 Å². The SMILES string of the molecule is c1ccc(C2NC(c3ccc4c(oc5ccccc54)c3-n3c4cc5ccccc5cc4c4cc5ccccc5cc43)=NC(c3ccc4c(c3)c3ccccc3n4-c3ccccc3)N2)cc1. The summed E-state index contributed by atoms with van der Waals surface area (Å²) in [5.41, 5.74) is 11.4. The minimum Gasteiger partial charge on any atom is -0.454 e. The Kier molecular flexibility index (Phi) is 7.79. The molecule has 10 aromatic carbocycles. The third-order valence-electron chi connectivity index (χ3n) is 13.5. The predicted molar refractivity (Wildman–Crippen MR) is 269 cm³/mol. The molecule has 1 aliphatic heterocycles. The highest BCUT2D eigenvalue weighted by molar-refractivity contribution is 6.20. The van der Waals surface area contributed by atoms with Gasteiger partial charge in [-0.1, -0.05) is 140 Å². The van der Waals surface area contributed by atoms with Crippen molar-refractivity contribution in [2.45, 2.75) is 12.3 Å². The summed E-state index contributed by atoms with van der Waals surface area (Å²) in [7, 11) is 0. The Morgan fingerprint density at radius 1 is 0.415 bits per heavy atom. The molecule has 2 atom stereocenters. The van der Waals surface area contributed by atoms with Crippen molar-refractivity contribution in [3.05, 3.63) is 229 Å². The Hall–Kier alpha value is -8.45. The number of hydrogen-bond donors (Lipinski definition) is 2. The highest BCUT2D eigenvalue weighted by Gasteiger charge is 2.30. The third kappa shape index (κ3) is 5.54. The van der Waals surface area contributed by atoms with E-state index in [1.54, 1.807) is 0 Å². The summed E-state index contributed by atoms with van der Waals surface area (Å²) in [6, 6.07) is 76.3. The number of aromatic nitrogens is 2. The number of furan rings is 1. The molecule has 0 saturated heterocycles. The van der Waals surface area contributed by atoms with Gasteiger partial charge in [0.05, 0.1) is 22.1 Å². The van der Waals surface area contributed by atoms with E-state index < -0.39 is 0 Å². The molecule has 3 aromatic heterocycles. The lowest BCUT2D eigenvalue weighted by Gasteiger charge is -2.33. The highest BCUT2D eigenvalue weighted by atomic mass is 16.3. The van der Waals surface area contributed by atoms with E-state index in [4.69, 9.17) is 9.41 Å². The van der Waals surface area contributed by atoms with Crippen molar-refractivity contribution in [3.63, 3.8) is 0 Å². The lowest BCUT2D eigenvalue weighted by atomic mass is 10.0. The molecule has 0 fully saturated rings. The first-order chi connectivity index (χ1) is 32.2. The van der Waals surface area contributed by atoms with Gasteiger partial charge in [-0.15, -0.1) is 0 Å². The molecule has 0 amide bonds. The molecule has 13 aromatic rings. The van der Waals surface area contributed by atoms with Gasteiger partial charge in [0.2, 0.25) is 0 Å². The minimum absolute atomic E-state index is 0.250. The van der Waals surface area contributed by atoms with Crippen LogP contribution in [0.1, 0.15) is 29.0 Å². The predicted octanol–water partition coefficient (Wildman–Crippen LogP) is 14.4. The summed E-state index contributed by atoms with van der Waals surface area (Å²) in [4.78, 5) is 5.67. The van der Waals surface area contributed by atoms with Crippen molar-refractivity contribution in [1.29, 1.82) is 0 Å². The van der Waals surface area contributed by atoms with E-state index in [1.165, 1.54) is 48.6 Å². The Balaban J connectivity index is 1.05. The zero-order valence-corrected chi connectivity index (χ0v) is 35.1. The fourth-order valence-electron chi connectivity index (χ4n) is 10.5. The van der Waals surface area contributed by atoms with Crippen molar-refractivity contribution < 1.29 is 4.42 Å². The lowest BCUT2D eigenvalue weighted by Crippen LogP contribution is -2.45. The first kappa shape index (κ1) is 36.1. The maximum Gasteiger partial charge on any atom is 0.160 e. The fraction of sp³-hybridized carbons (Fsp3) is 0.0339. The van der Waals surface area contributed by atoms with Crippen LogP contribution < -0.4 is 10.6 Å². The van der Waals surface area contributed by atoms with Crippen molar-refractivity contribution in [2.24, 2.45) is 4.99 Å². The molecule has 2 N–H and O–H groups in total. The lowest BCUT2D eigenvalue weighted by molar-refractivity contribution is 0.409. The van der Waals surface area contributed by atoms with E-state index in [-0.39, 0.29) is 12.3 Å². The number of para-hydroxylation sites is 3. The molecule has 2 unspecified atom stereocenters. The van der Waals surface area contributed by atoms with E-state index in [0.29, 0.717) is 0 Å². The summed E-state index contributed by atoms with van der Waals surface area (Å²) < 4.78 is 11.8. The molecule has 4 heterocycles. The van der Waals surface area contributed by atoms with Crippen LogP contribution in [0.3, 0.4) is 0 Å². The maximum absolute atomic E-state index is 7.04. The van der Waals surface area contributed by atoms with Gasteiger partial charge in [0.15, 0.2) is 5.58 Å². The number of fused-ring (bicyclic) bond motifs is 11. The molecule has 0 spiro atoms. The van der Waals surface area contributed by atoms with Crippen LogP contribution >= 0.6 is 0 Å². The molecule has 6 nitrogen and oxygen atoms in total. The molecule has 306 valence electrons. The summed E-state index contributed by atoms with van der Waals surface area (Å²) in [6.45, 7) is 0. The number of hydrogen-bond acceptors (Lipinski definition) is 4. The normalized spacial score (nSPS) is 15.5. The first-order valence-corrected chi connectivity index (χ1v) is 22.3. The summed E-state index contributed by atoms with van der Waals surface area (Å²) in [5, 5.41) is 19.5. The van der Waals surface area contributed by atoms with E-state index >= 15 is 0 Å². The molecule has 0 aliphatic carbocycles. The second-order valence-corrected chi connectivity index (χ2v) is 17.2. The van der Waals surface area contributed by atoms with Crippen LogP contribution in [0.2, 0.25) is 0 Å². The van der Waals surface area contributed by atoms with Crippen LogP contribution in [0, 0.1) is 0 Å². The molecular formula is C59H39N5O. The van der Waals surface area contributed by atoms with Gasteiger partial charge in [-0.2, -0.15) is 0 Å². The van der Waals surface area contributed by atoms with Gasteiger partial charge in [-0.05, 0) is 105 Å². The molecular weight excluding hydrogens is 795 g/mol. The summed E-state index contributed by atoms with van der Waals surface area (Å²) in [6.07, 6.45) is -0.634. The molecule has 1 aliphatic rings. The number of benzene rings is 10. The largest absolute Gasteiger partial charge is 0.454 e. The van der Waals surface area contributed by atoms with Gasteiger partial charge in [0.1, 0.15) is 29.4 Å². The number of nitrogens with one attached hydrogen (secondary N) is 2. The topological polar surface area (TPSA) is 59.4 Å². The second kappa shape index (κ2) is 14.0. The average Bonchev–Trinajstić information content (AvgIpc) is 4.02. The fourth-order valence-corrected chi connectivity index (χ4v) is 10.5. The van der Waals surface area contributed by atoms with Crippen LogP contribution in [0.25, 0.3) is 98.5 Å². The van der Waals surface area contributed by atoms with Gasteiger partial charge in [0, 0.05) is 43.6 Å². The minimum atomic E-state index is -0.384. The van der Waals surface area contributed by atoms with Gasteiger partial charge in [-0.3, -0.25) is 5.32 Å². The van der Waals surface area contributed by atoms with Crippen LogP contribution in [-0.2, 0) is 0 Å². The zero-order valence-electron chi connectivity index (χ0n) is 35.1. The van der Waals surface area contributed by atoms with Crippen LogP contribution in [0.4, 0.5) is 0 Å². The van der Waals surface area contributed by atoms with Crippen molar-refractivity contribution in [2.75, 3.05) is 0 Å². The van der Waals surface area contributed by atoms with Crippen LogP contribution in [0.5, 0.6) is 0 Å². The van der Waals surface area contributed by atoms with E-state index in [2.05, 4.69) is 226 Å². The number of nitrogens with zero attached hydrogens (tertiary/aromatic N) is 3. The molecule has 14 rings (SSSR count). The van der Waals surface area contributed by atoms with Gasteiger partial charge in [-0.25, -0.2) is 4.99 Å². The van der Waals surface area contributed by atoms with Crippen LogP contribution in [0.15, 0.2) is 222 Å². The quantitative estimate of drug-likeness (QED) is 0.182. The summed E-state index contributed by atoms with van der Waals surface area (Å²) in [5.74, 6) is 0.781. The van der Waals surface area contributed by atoms with Crippen molar-refractivity contribution in [3.8, 4) is 11.4 Å². The van der Waals surface area contributed by atoms with E-state index in [1.807, 2.05) is 6.07 Å². The van der Waals surface area contributed by atoms with Crippen molar-refractivity contribution in [1.82, 2.24) is 19.8 Å². The maximum atomic E-state index is 7.04. The van der Waals surface area contributed by atoms with Crippen LogP contribution in [-0.4, -0.2) is 15.0 Å². The number of amidine groups is 1. The standard InChI is InChI=1S/C59H39N5O/c1-3-15-36(16-4-1)57-60-58(41-27-30-51-47(33-41)43-23-11-13-25-50(43)63(51)42-21-5-2-6-22-42)62-59(61-57)46-29-28-45-44-24-12-14-26-54(44)65-56(45)55(46)64-52-34-39-19-9-7-17-37(39)31-48(52)49-32-38-18-8-10-20-40(38)35-53(49)64/h1-35,57-58,60H,(H,61,62). The number of rotatable bonds is 5. The smallest absolute Gasteiger partial charge is 0.160 e. The molecule has 65 heavy (non-hydrogen) atoms. The van der Waals surface area contributed by atoms with E-state index in [9.17, 15) is 0 Å². The molecule has 6 heteroatoms. The monoisotopic (exact) mass is 833 g/mol. The van der Waals surface area contributed by atoms with Crippen molar-refractivity contribution >= 4 is 92.9 Å². The number of aliphatic imine (C=N–C) groups is 1. The van der Waals surface area contributed by atoms with Gasteiger partial charge >= 0.3 is 0 Å². The summed E-state index contributed by atoms with van der Waals surface area (Å²) >= 11 is 0. The Bertz CT molecular complexity index is 3990. The Morgan fingerprint density at radius 2 is 1.00 bits per heavy atom.